The Morgan fingerprint density at radius 3 is 2.48 bits per heavy atom. The number of aromatic nitrogens is 1. The Labute approximate surface area is 156 Å². The maximum atomic E-state index is 12.9. The zero-order chi connectivity index (χ0) is 19.8. The fourth-order valence-electron chi connectivity index (χ4n) is 3.48. The van der Waals surface area contributed by atoms with Gasteiger partial charge in [-0.25, -0.2) is 17.6 Å². The molecule has 1 aromatic heterocycles. The van der Waals surface area contributed by atoms with Gasteiger partial charge in [0, 0.05) is 23.0 Å². The lowest BCUT2D eigenvalue weighted by Gasteiger charge is -2.16. The molecule has 2 heterocycles. The first-order valence-electron chi connectivity index (χ1n) is 8.52. The number of hydrogen-bond acceptors (Lipinski definition) is 5. The molecule has 1 unspecified atom stereocenters. The van der Waals surface area contributed by atoms with Crippen molar-refractivity contribution in [3.63, 3.8) is 0 Å². The Hall–Kier alpha value is -2.48. The van der Waals surface area contributed by atoms with Crippen molar-refractivity contribution in [1.82, 2.24) is 4.57 Å². The number of halogens is 1. The van der Waals surface area contributed by atoms with Crippen LogP contribution < -0.4 is 0 Å². The van der Waals surface area contributed by atoms with E-state index in [4.69, 9.17) is 4.74 Å². The number of benzene rings is 1. The monoisotopic (exact) mass is 393 g/mol. The van der Waals surface area contributed by atoms with E-state index in [-0.39, 0.29) is 28.9 Å². The molecule has 1 aliphatic heterocycles. The van der Waals surface area contributed by atoms with Crippen LogP contribution in [-0.4, -0.2) is 42.9 Å². The summed E-state index contributed by atoms with van der Waals surface area (Å²) in [6.07, 6.45) is 0.520. The highest BCUT2D eigenvalue weighted by Gasteiger charge is 2.31. The molecule has 3 rings (SSSR count). The topological polar surface area (TPSA) is 82.4 Å². The maximum Gasteiger partial charge on any atom is 0.338 e. The molecule has 1 fully saturated rings. The van der Waals surface area contributed by atoms with Gasteiger partial charge in [-0.15, -0.1) is 0 Å². The maximum absolute atomic E-state index is 12.9. The molecule has 0 saturated carbocycles. The molecule has 1 saturated heterocycles. The van der Waals surface area contributed by atoms with Gasteiger partial charge in [-0.3, -0.25) is 4.79 Å². The summed E-state index contributed by atoms with van der Waals surface area (Å²) in [6.45, 7) is 3.13. The standard InChI is InChI=1S/C19H20FNO5S/c1-12-9-17(13(2)21(12)16-7-8-27(24,25)11-16)18(22)10-26-19(23)14-3-5-15(20)6-4-14/h3-6,9,16H,7-8,10-11H2,1-2H3. The molecule has 1 aliphatic rings. The lowest BCUT2D eigenvalue weighted by Crippen LogP contribution is -2.17. The first-order chi connectivity index (χ1) is 12.7. The Balaban J connectivity index is 1.71. The zero-order valence-electron chi connectivity index (χ0n) is 15.1. The van der Waals surface area contributed by atoms with Crippen molar-refractivity contribution >= 4 is 21.6 Å². The normalized spacial score (nSPS) is 18.4. The number of carbonyl (C=O) groups excluding carboxylic acids is 2. The lowest BCUT2D eigenvalue weighted by atomic mass is 10.1. The van der Waals surface area contributed by atoms with Crippen LogP contribution in [0.5, 0.6) is 0 Å². The van der Waals surface area contributed by atoms with Crippen molar-refractivity contribution in [2.75, 3.05) is 18.1 Å². The van der Waals surface area contributed by atoms with E-state index in [1.54, 1.807) is 13.0 Å². The van der Waals surface area contributed by atoms with Gasteiger partial charge < -0.3 is 9.30 Å². The van der Waals surface area contributed by atoms with E-state index < -0.39 is 28.2 Å². The second-order valence-electron chi connectivity index (χ2n) is 6.72. The summed E-state index contributed by atoms with van der Waals surface area (Å²) in [6, 6.07) is 6.36. The zero-order valence-corrected chi connectivity index (χ0v) is 15.9. The first kappa shape index (κ1) is 19.3. The smallest absolute Gasteiger partial charge is 0.338 e. The number of carbonyl (C=O) groups is 2. The van der Waals surface area contributed by atoms with E-state index in [1.165, 1.54) is 12.1 Å². The van der Waals surface area contributed by atoms with Crippen LogP contribution >= 0.6 is 0 Å². The van der Waals surface area contributed by atoms with Crippen LogP contribution in [0.2, 0.25) is 0 Å². The number of rotatable bonds is 5. The third-order valence-corrected chi connectivity index (χ3v) is 6.52. The number of Topliss-reactive ketones (excluding diaryl/α,β-unsaturated/α-hetero) is 1. The number of hydrogen-bond donors (Lipinski definition) is 0. The summed E-state index contributed by atoms with van der Waals surface area (Å²) >= 11 is 0. The Bertz CT molecular complexity index is 992. The average molecular weight is 393 g/mol. The fraction of sp³-hybridized carbons (Fsp3) is 0.368. The van der Waals surface area contributed by atoms with Crippen LogP contribution in [0.3, 0.4) is 0 Å². The summed E-state index contributed by atoms with van der Waals surface area (Å²) < 4.78 is 43.3. The number of nitrogens with zero attached hydrogens (tertiary/aromatic N) is 1. The molecule has 0 N–H and O–H groups in total. The van der Waals surface area contributed by atoms with Gasteiger partial charge in [0.05, 0.1) is 17.1 Å². The number of ketones is 1. The summed E-state index contributed by atoms with van der Waals surface area (Å²) in [5.74, 6) is -1.34. The molecular weight excluding hydrogens is 373 g/mol. The van der Waals surface area contributed by atoms with Crippen molar-refractivity contribution in [3.8, 4) is 0 Å². The van der Waals surface area contributed by atoms with Crippen LogP contribution in [0.25, 0.3) is 0 Å². The Morgan fingerprint density at radius 1 is 1.22 bits per heavy atom. The van der Waals surface area contributed by atoms with Crippen LogP contribution in [0.1, 0.15) is 44.6 Å². The number of sulfone groups is 1. The summed E-state index contributed by atoms with van der Waals surface area (Å²) in [5, 5.41) is 0. The van der Waals surface area contributed by atoms with Crippen molar-refractivity contribution in [1.29, 1.82) is 0 Å². The van der Waals surface area contributed by atoms with Crippen LogP contribution in [0.15, 0.2) is 30.3 Å². The van der Waals surface area contributed by atoms with Gasteiger partial charge in [-0.2, -0.15) is 0 Å². The Morgan fingerprint density at radius 2 is 1.89 bits per heavy atom. The van der Waals surface area contributed by atoms with Gasteiger partial charge >= 0.3 is 5.97 Å². The van der Waals surface area contributed by atoms with Crippen molar-refractivity contribution < 1.29 is 27.1 Å². The van der Waals surface area contributed by atoms with E-state index in [0.717, 1.165) is 17.8 Å². The lowest BCUT2D eigenvalue weighted by molar-refractivity contribution is 0.0474. The highest BCUT2D eigenvalue weighted by atomic mass is 32.2. The molecule has 2 aromatic rings. The van der Waals surface area contributed by atoms with E-state index in [0.29, 0.717) is 17.7 Å². The van der Waals surface area contributed by atoms with Crippen molar-refractivity contribution in [2.45, 2.75) is 26.3 Å². The van der Waals surface area contributed by atoms with Gasteiger partial charge in [0.25, 0.3) is 0 Å². The molecule has 1 atom stereocenters. The molecule has 0 radical (unpaired) electrons. The molecule has 1 aromatic carbocycles. The second kappa shape index (κ2) is 7.26. The molecule has 0 aliphatic carbocycles. The van der Waals surface area contributed by atoms with Gasteiger partial charge in [0.15, 0.2) is 16.4 Å². The Kier molecular flexibility index (Phi) is 5.19. The quantitative estimate of drug-likeness (QED) is 0.576. The van der Waals surface area contributed by atoms with E-state index in [9.17, 15) is 22.4 Å². The molecule has 6 nitrogen and oxygen atoms in total. The van der Waals surface area contributed by atoms with Crippen molar-refractivity contribution in [2.24, 2.45) is 0 Å². The third kappa shape index (κ3) is 4.10. The number of ether oxygens (including phenoxy) is 1. The summed E-state index contributed by atoms with van der Waals surface area (Å²) in [7, 11) is -3.05. The first-order valence-corrected chi connectivity index (χ1v) is 10.3. The molecule has 0 amide bonds. The average Bonchev–Trinajstić information content (AvgIpc) is 3.11. The van der Waals surface area contributed by atoms with Gasteiger partial charge in [0.2, 0.25) is 5.78 Å². The predicted molar refractivity (Wildman–Crippen MR) is 97.2 cm³/mol. The number of esters is 1. The van der Waals surface area contributed by atoms with Crippen LogP contribution in [-0.2, 0) is 14.6 Å². The SMILES string of the molecule is Cc1cc(C(=O)COC(=O)c2ccc(F)cc2)c(C)n1C1CCS(=O)(=O)C1. The van der Waals surface area contributed by atoms with Crippen molar-refractivity contribution in [3.05, 3.63) is 58.7 Å². The van der Waals surface area contributed by atoms with Crippen LogP contribution in [0, 0.1) is 19.7 Å². The fourth-order valence-corrected chi connectivity index (χ4v) is 5.18. The number of aryl methyl sites for hydroxylation is 1. The molecule has 144 valence electrons. The highest BCUT2D eigenvalue weighted by Crippen LogP contribution is 2.29. The minimum absolute atomic E-state index is 0.0660. The molecule has 27 heavy (non-hydrogen) atoms. The molecule has 0 spiro atoms. The molecular formula is C19H20FNO5S. The van der Waals surface area contributed by atoms with E-state index in [1.807, 2.05) is 11.5 Å². The largest absolute Gasteiger partial charge is 0.454 e. The van der Waals surface area contributed by atoms with E-state index in [2.05, 4.69) is 0 Å². The minimum Gasteiger partial charge on any atom is -0.454 e. The highest BCUT2D eigenvalue weighted by molar-refractivity contribution is 7.91. The molecule has 8 heteroatoms. The van der Waals surface area contributed by atoms with Gasteiger partial charge in [-0.05, 0) is 50.6 Å². The van der Waals surface area contributed by atoms with Crippen LogP contribution in [0.4, 0.5) is 4.39 Å². The summed E-state index contributed by atoms with van der Waals surface area (Å²) in [5.41, 5.74) is 2.02. The van der Waals surface area contributed by atoms with Gasteiger partial charge in [0.1, 0.15) is 5.82 Å². The second-order valence-corrected chi connectivity index (χ2v) is 8.95. The third-order valence-electron chi connectivity index (χ3n) is 4.77. The summed E-state index contributed by atoms with van der Waals surface area (Å²) in [4.78, 5) is 24.5. The van der Waals surface area contributed by atoms with Gasteiger partial charge in [-0.1, -0.05) is 0 Å². The minimum atomic E-state index is -3.05. The molecule has 0 bridgehead atoms. The van der Waals surface area contributed by atoms with E-state index >= 15 is 0 Å². The predicted octanol–water partition coefficient (Wildman–Crippen LogP) is 2.64.